The normalized spacial score (nSPS) is 11.1. The zero-order chi connectivity index (χ0) is 10.7. The molecule has 0 aliphatic heterocycles. The minimum atomic E-state index is 0.971. The lowest BCUT2D eigenvalue weighted by Gasteiger charge is -2.05. The highest BCUT2D eigenvalue weighted by molar-refractivity contribution is 7.13. The smallest absolute Gasteiger partial charge is 0.0924 e. The summed E-state index contributed by atoms with van der Waals surface area (Å²) in [5.41, 5.74) is 3.11. The van der Waals surface area contributed by atoms with Gasteiger partial charge in [0.15, 0.2) is 0 Å². The maximum absolute atomic E-state index is 4.38. The number of thiophene rings is 1. The maximum Gasteiger partial charge on any atom is 0.0924 e. The van der Waals surface area contributed by atoms with Crippen molar-refractivity contribution >= 4 is 23.2 Å². The van der Waals surface area contributed by atoms with Gasteiger partial charge >= 0.3 is 0 Å². The molecule has 0 atom stereocenters. The van der Waals surface area contributed by atoms with Crippen molar-refractivity contribution in [1.29, 1.82) is 0 Å². The molecule has 0 aliphatic rings. The molecule has 0 radical (unpaired) electrons. The molecule has 3 heteroatoms. The van der Waals surface area contributed by atoms with Gasteiger partial charge in [0.2, 0.25) is 0 Å². The van der Waals surface area contributed by atoms with Crippen LogP contribution in [0.25, 0.3) is 10.4 Å². The van der Waals surface area contributed by atoms with Gasteiger partial charge < -0.3 is 0 Å². The van der Waals surface area contributed by atoms with Gasteiger partial charge in [-0.05, 0) is 31.4 Å². The summed E-state index contributed by atoms with van der Waals surface area (Å²) in [7, 11) is 0. The van der Waals surface area contributed by atoms with E-state index in [2.05, 4.69) is 27.5 Å². The second kappa shape index (κ2) is 4.36. The summed E-state index contributed by atoms with van der Waals surface area (Å²) in [5.74, 6) is 0. The highest BCUT2D eigenvalue weighted by atomic mass is 32.1. The van der Waals surface area contributed by atoms with Gasteiger partial charge in [0, 0.05) is 22.9 Å². The van der Waals surface area contributed by atoms with E-state index >= 15 is 0 Å². The lowest BCUT2D eigenvalue weighted by Crippen LogP contribution is -1.84. The minimum Gasteiger partial charge on any atom is -0.259 e. The van der Waals surface area contributed by atoms with E-state index in [9.17, 15) is 0 Å². The summed E-state index contributed by atoms with van der Waals surface area (Å²) in [5, 5.41) is 2.07. The number of nitrogens with zero attached hydrogens (tertiary/aromatic N) is 2. The van der Waals surface area contributed by atoms with E-state index in [0.29, 0.717) is 0 Å². The van der Waals surface area contributed by atoms with Crippen molar-refractivity contribution in [1.82, 2.24) is 4.98 Å². The lowest BCUT2D eigenvalue weighted by molar-refractivity contribution is 1.19. The molecule has 2 aromatic rings. The minimum absolute atomic E-state index is 0.971. The first-order valence-corrected chi connectivity index (χ1v) is 5.69. The topological polar surface area (TPSA) is 25.2 Å². The van der Waals surface area contributed by atoms with E-state index in [1.807, 2.05) is 26.1 Å². The lowest BCUT2D eigenvalue weighted by atomic mass is 10.1. The third kappa shape index (κ3) is 1.97. The van der Waals surface area contributed by atoms with Crippen LogP contribution >= 0.6 is 11.3 Å². The summed E-state index contributed by atoms with van der Waals surface area (Å²) in [4.78, 5) is 9.88. The quantitative estimate of drug-likeness (QED) is 0.700. The van der Waals surface area contributed by atoms with E-state index in [4.69, 9.17) is 0 Å². The van der Waals surface area contributed by atoms with Crippen LogP contribution in [0.2, 0.25) is 0 Å². The Balaban J connectivity index is 2.61. The summed E-state index contributed by atoms with van der Waals surface area (Å²) < 4.78 is 0. The van der Waals surface area contributed by atoms with Crippen LogP contribution in [0.1, 0.15) is 12.6 Å². The molecule has 15 heavy (non-hydrogen) atoms. The van der Waals surface area contributed by atoms with Crippen molar-refractivity contribution in [3.63, 3.8) is 0 Å². The molecule has 0 fully saturated rings. The number of pyridine rings is 1. The summed E-state index contributed by atoms with van der Waals surface area (Å²) in [6.45, 7) is 3.91. The molecule has 0 spiro atoms. The SMILES string of the molecule is CC=Nc1c(-c2cccs2)ccnc1C. The Morgan fingerprint density at radius 2 is 2.27 bits per heavy atom. The van der Waals surface area contributed by atoms with Gasteiger partial charge in [0.1, 0.15) is 0 Å². The van der Waals surface area contributed by atoms with Crippen molar-refractivity contribution in [2.75, 3.05) is 0 Å². The van der Waals surface area contributed by atoms with Gasteiger partial charge in [0.25, 0.3) is 0 Å². The Bertz CT molecular complexity index is 472. The zero-order valence-electron chi connectivity index (χ0n) is 8.77. The van der Waals surface area contributed by atoms with Crippen LogP contribution in [0.5, 0.6) is 0 Å². The Morgan fingerprint density at radius 3 is 2.93 bits per heavy atom. The predicted octanol–water partition coefficient (Wildman–Crippen LogP) is 3.84. The molecule has 2 nitrogen and oxygen atoms in total. The molecule has 0 saturated carbocycles. The molecule has 2 heterocycles. The highest BCUT2D eigenvalue weighted by Gasteiger charge is 2.07. The molecule has 0 saturated heterocycles. The fourth-order valence-corrected chi connectivity index (χ4v) is 2.23. The van der Waals surface area contributed by atoms with Gasteiger partial charge in [-0.3, -0.25) is 9.98 Å². The maximum atomic E-state index is 4.38. The van der Waals surface area contributed by atoms with Crippen molar-refractivity contribution in [3.05, 3.63) is 35.5 Å². The largest absolute Gasteiger partial charge is 0.259 e. The van der Waals surface area contributed by atoms with Crippen molar-refractivity contribution in [2.24, 2.45) is 4.99 Å². The Labute approximate surface area is 93.3 Å². The number of aryl methyl sites for hydroxylation is 1. The van der Waals surface area contributed by atoms with E-state index in [-0.39, 0.29) is 0 Å². The predicted molar refractivity (Wildman–Crippen MR) is 66.1 cm³/mol. The van der Waals surface area contributed by atoms with Gasteiger partial charge in [-0.15, -0.1) is 11.3 Å². The van der Waals surface area contributed by atoms with Crippen LogP contribution in [0, 0.1) is 6.92 Å². The monoisotopic (exact) mass is 216 g/mol. The summed E-state index contributed by atoms with van der Waals surface area (Å²) in [6.07, 6.45) is 3.64. The van der Waals surface area contributed by atoms with Crippen LogP contribution in [0.3, 0.4) is 0 Å². The molecule has 76 valence electrons. The zero-order valence-corrected chi connectivity index (χ0v) is 9.58. The van der Waals surface area contributed by atoms with Gasteiger partial charge in [0.05, 0.1) is 11.4 Å². The molecule has 0 bridgehead atoms. The molecular weight excluding hydrogens is 204 g/mol. The van der Waals surface area contributed by atoms with Crippen LogP contribution in [0.15, 0.2) is 34.8 Å². The molecule has 2 aromatic heterocycles. The number of aromatic nitrogens is 1. The average molecular weight is 216 g/mol. The fourth-order valence-electron chi connectivity index (χ4n) is 1.48. The third-order valence-corrected chi connectivity index (χ3v) is 3.06. The van der Waals surface area contributed by atoms with Crippen LogP contribution < -0.4 is 0 Å². The number of hydrogen-bond acceptors (Lipinski definition) is 3. The molecule has 0 unspecified atom stereocenters. The van der Waals surface area contributed by atoms with E-state index in [0.717, 1.165) is 16.9 Å². The highest BCUT2D eigenvalue weighted by Crippen LogP contribution is 2.34. The molecule has 2 rings (SSSR count). The number of rotatable bonds is 2. The summed E-state index contributed by atoms with van der Waals surface area (Å²) >= 11 is 1.72. The fraction of sp³-hybridized carbons (Fsp3) is 0.167. The van der Waals surface area contributed by atoms with Crippen molar-refractivity contribution in [2.45, 2.75) is 13.8 Å². The first kappa shape index (κ1) is 10.1. The van der Waals surface area contributed by atoms with Gasteiger partial charge in [-0.1, -0.05) is 6.07 Å². The van der Waals surface area contributed by atoms with Gasteiger partial charge in [-0.25, -0.2) is 0 Å². The molecule has 0 aliphatic carbocycles. The van der Waals surface area contributed by atoms with Crippen molar-refractivity contribution in [3.8, 4) is 10.4 Å². The first-order valence-electron chi connectivity index (χ1n) is 4.81. The van der Waals surface area contributed by atoms with E-state index in [1.54, 1.807) is 17.6 Å². The molecule has 0 N–H and O–H groups in total. The standard InChI is InChI=1S/C12H12N2S/c1-3-13-12-9(2)14-7-6-10(12)11-5-4-8-15-11/h3-8H,1-2H3. The Morgan fingerprint density at radius 1 is 1.40 bits per heavy atom. The van der Waals surface area contributed by atoms with Crippen molar-refractivity contribution < 1.29 is 0 Å². The second-order valence-electron chi connectivity index (χ2n) is 3.16. The third-order valence-electron chi connectivity index (χ3n) is 2.15. The Hall–Kier alpha value is -1.48. The molecule has 0 aromatic carbocycles. The number of hydrogen-bond donors (Lipinski definition) is 0. The first-order chi connectivity index (χ1) is 7.33. The van der Waals surface area contributed by atoms with Crippen LogP contribution in [-0.4, -0.2) is 11.2 Å². The average Bonchev–Trinajstić information content (AvgIpc) is 2.74. The number of aliphatic imine (C=N–C) groups is 1. The van der Waals surface area contributed by atoms with E-state index in [1.165, 1.54) is 4.88 Å². The molecule has 0 amide bonds. The van der Waals surface area contributed by atoms with Crippen LogP contribution in [0.4, 0.5) is 5.69 Å². The van der Waals surface area contributed by atoms with Crippen LogP contribution in [-0.2, 0) is 0 Å². The molecular formula is C12H12N2S. The second-order valence-corrected chi connectivity index (χ2v) is 4.10. The summed E-state index contributed by atoms with van der Waals surface area (Å²) in [6, 6.07) is 6.17. The Kier molecular flexibility index (Phi) is 2.92. The van der Waals surface area contributed by atoms with Gasteiger partial charge in [-0.2, -0.15) is 0 Å². The van der Waals surface area contributed by atoms with E-state index < -0.39 is 0 Å².